The Morgan fingerprint density at radius 1 is 0.926 bits per heavy atom. The van der Waals surface area contributed by atoms with Gasteiger partial charge in [0, 0.05) is 18.7 Å². The van der Waals surface area contributed by atoms with E-state index in [4.69, 9.17) is 0 Å². The van der Waals surface area contributed by atoms with Gasteiger partial charge in [0.2, 0.25) is 11.8 Å². The number of fused-ring (bicyclic) bond motifs is 1. The predicted molar refractivity (Wildman–Crippen MR) is 97.2 cm³/mol. The zero-order chi connectivity index (χ0) is 19.0. The lowest BCUT2D eigenvalue weighted by molar-refractivity contribution is -0.122. The van der Waals surface area contributed by atoms with Crippen LogP contribution in [0.25, 0.3) is 0 Å². The third-order valence-electron chi connectivity index (χ3n) is 4.74. The average Bonchev–Trinajstić information content (AvgIpc) is 3.15. The summed E-state index contributed by atoms with van der Waals surface area (Å²) in [4.78, 5) is 51.8. The molecule has 0 radical (unpaired) electrons. The average molecular weight is 363 g/mol. The molecule has 2 aromatic rings. The molecule has 1 atom stereocenters. The summed E-state index contributed by atoms with van der Waals surface area (Å²) in [7, 11) is 0. The molecule has 136 valence electrons. The lowest BCUT2D eigenvalue weighted by Crippen LogP contribution is -2.44. The van der Waals surface area contributed by atoms with Crippen molar-refractivity contribution in [3.63, 3.8) is 0 Å². The number of imide groups is 1. The quantitative estimate of drug-likeness (QED) is 0.827. The first-order chi connectivity index (χ1) is 13.0. The molecule has 0 aromatic heterocycles. The van der Waals surface area contributed by atoms with Gasteiger partial charge in [0.1, 0.15) is 6.54 Å². The van der Waals surface area contributed by atoms with E-state index >= 15 is 0 Å². The van der Waals surface area contributed by atoms with E-state index in [-0.39, 0.29) is 24.9 Å². The van der Waals surface area contributed by atoms with E-state index in [0.717, 1.165) is 10.6 Å². The van der Waals surface area contributed by atoms with Crippen molar-refractivity contribution in [2.75, 3.05) is 18.0 Å². The van der Waals surface area contributed by atoms with Crippen LogP contribution >= 0.6 is 0 Å². The number of benzene rings is 2. The molecule has 0 spiro atoms. The van der Waals surface area contributed by atoms with E-state index in [0.29, 0.717) is 17.7 Å². The molecule has 4 rings (SSSR count). The molecule has 2 aliphatic rings. The minimum absolute atomic E-state index is 0.0766. The third-order valence-corrected chi connectivity index (χ3v) is 4.74. The van der Waals surface area contributed by atoms with E-state index in [1.807, 2.05) is 30.3 Å². The van der Waals surface area contributed by atoms with Crippen LogP contribution in [-0.2, 0) is 9.59 Å². The van der Waals surface area contributed by atoms with Crippen LogP contribution in [0.5, 0.6) is 0 Å². The highest BCUT2D eigenvalue weighted by Crippen LogP contribution is 2.23. The fraction of sp³-hybridized carbons (Fsp3) is 0.200. The Balaban J connectivity index is 1.39. The maximum absolute atomic E-state index is 12.4. The zero-order valence-electron chi connectivity index (χ0n) is 14.4. The minimum Gasteiger partial charge on any atom is -0.349 e. The maximum Gasteiger partial charge on any atom is 0.262 e. The molecule has 1 N–H and O–H groups in total. The lowest BCUT2D eigenvalue weighted by Gasteiger charge is -2.18. The summed E-state index contributed by atoms with van der Waals surface area (Å²) in [5.41, 5.74) is 1.39. The molecule has 0 aliphatic carbocycles. The van der Waals surface area contributed by atoms with Crippen LogP contribution < -0.4 is 10.2 Å². The molecule has 0 unspecified atom stereocenters. The molecule has 2 aromatic carbocycles. The number of para-hydroxylation sites is 1. The summed E-state index contributed by atoms with van der Waals surface area (Å²) in [5, 5.41) is 2.76. The van der Waals surface area contributed by atoms with E-state index in [2.05, 4.69) is 5.32 Å². The van der Waals surface area contributed by atoms with Gasteiger partial charge in [-0.3, -0.25) is 24.1 Å². The molecular weight excluding hydrogens is 346 g/mol. The zero-order valence-corrected chi connectivity index (χ0v) is 14.4. The van der Waals surface area contributed by atoms with Crippen molar-refractivity contribution >= 4 is 29.3 Å². The molecule has 0 saturated carbocycles. The highest BCUT2D eigenvalue weighted by molar-refractivity contribution is 6.22. The predicted octanol–water partition coefficient (Wildman–Crippen LogP) is 1.20. The van der Waals surface area contributed by atoms with Gasteiger partial charge in [-0.25, -0.2) is 0 Å². The van der Waals surface area contributed by atoms with Gasteiger partial charge in [-0.1, -0.05) is 30.3 Å². The number of nitrogens with one attached hydrogen (secondary N) is 1. The standard InChI is InChI=1S/C20H17N3O4/c24-17(12-23-19(26)15-8-4-5-9-16(15)20(23)27)21-13-10-18(25)22(11-13)14-6-2-1-3-7-14/h1-9,13H,10-12H2,(H,21,24)/t13-/m1/s1. The van der Waals surface area contributed by atoms with E-state index in [9.17, 15) is 19.2 Å². The second kappa shape index (κ2) is 6.68. The number of rotatable bonds is 4. The Bertz CT molecular complexity index is 906. The van der Waals surface area contributed by atoms with Gasteiger partial charge >= 0.3 is 0 Å². The smallest absolute Gasteiger partial charge is 0.262 e. The van der Waals surface area contributed by atoms with Gasteiger partial charge in [-0.15, -0.1) is 0 Å². The van der Waals surface area contributed by atoms with Crippen LogP contribution in [0.2, 0.25) is 0 Å². The minimum atomic E-state index is -0.473. The van der Waals surface area contributed by atoms with Crippen LogP contribution in [0, 0.1) is 0 Å². The Labute approximate surface area is 155 Å². The molecule has 1 fully saturated rings. The number of carbonyl (C=O) groups excluding carboxylic acids is 4. The number of amides is 4. The van der Waals surface area contributed by atoms with Gasteiger partial charge in [0.15, 0.2) is 0 Å². The summed E-state index contributed by atoms with van der Waals surface area (Å²) in [6, 6.07) is 15.4. The van der Waals surface area contributed by atoms with E-state index in [1.165, 1.54) is 0 Å². The first kappa shape index (κ1) is 17.0. The Hall–Kier alpha value is -3.48. The van der Waals surface area contributed by atoms with Crippen LogP contribution in [0.15, 0.2) is 54.6 Å². The molecule has 1 saturated heterocycles. The normalized spacial score (nSPS) is 18.8. The first-order valence-electron chi connectivity index (χ1n) is 8.64. The summed E-state index contributed by atoms with van der Waals surface area (Å²) in [6.45, 7) is -0.000913. The molecule has 2 aliphatic heterocycles. The molecule has 7 heteroatoms. The summed E-state index contributed by atoms with van der Waals surface area (Å²) >= 11 is 0. The van der Waals surface area contributed by atoms with Crippen LogP contribution in [0.4, 0.5) is 5.69 Å². The van der Waals surface area contributed by atoms with Crippen LogP contribution in [0.3, 0.4) is 0 Å². The summed E-state index contributed by atoms with van der Waals surface area (Å²) < 4.78 is 0. The molecule has 27 heavy (non-hydrogen) atoms. The number of anilines is 1. The van der Waals surface area contributed by atoms with Crippen molar-refractivity contribution < 1.29 is 19.2 Å². The number of hydrogen-bond acceptors (Lipinski definition) is 4. The monoisotopic (exact) mass is 363 g/mol. The Morgan fingerprint density at radius 2 is 1.52 bits per heavy atom. The molecular formula is C20H17N3O4. The molecule has 4 amide bonds. The van der Waals surface area contributed by atoms with E-state index < -0.39 is 17.7 Å². The van der Waals surface area contributed by atoms with Crippen molar-refractivity contribution in [3.05, 3.63) is 65.7 Å². The summed E-state index contributed by atoms with van der Waals surface area (Å²) in [6.07, 6.45) is 0.183. The van der Waals surface area contributed by atoms with E-state index in [1.54, 1.807) is 29.2 Å². The van der Waals surface area contributed by atoms with Gasteiger partial charge in [-0.2, -0.15) is 0 Å². The van der Waals surface area contributed by atoms with Crippen molar-refractivity contribution in [2.24, 2.45) is 0 Å². The SMILES string of the molecule is O=C(CN1C(=O)c2ccccc2C1=O)N[C@@H]1CC(=O)N(c2ccccc2)C1. The second-order valence-electron chi connectivity index (χ2n) is 6.55. The maximum atomic E-state index is 12.4. The van der Waals surface area contributed by atoms with Gasteiger partial charge in [0.25, 0.3) is 11.8 Å². The Kier molecular flexibility index (Phi) is 4.19. The largest absolute Gasteiger partial charge is 0.349 e. The third kappa shape index (κ3) is 3.08. The van der Waals surface area contributed by atoms with Crippen molar-refractivity contribution in [1.82, 2.24) is 10.2 Å². The van der Waals surface area contributed by atoms with Gasteiger partial charge < -0.3 is 10.2 Å². The number of carbonyl (C=O) groups is 4. The fourth-order valence-corrected chi connectivity index (χ4v) is 3.46. The number of hydrogen-bond donors (Lipinski definition) is 1. The first-order valence-corrected chi connectivity index (χ1v) is 8.64. The highest BCUT2D eigenvalue weighted by Gasteiger charge is 2.37. The van der Waals surface area contributed by atoms with Gasteiger partial charge in [-0.05, 0) is 24.3 Å². The fourth-order valence-electron chi connectivity index (χ4n) is 3.46. The van der Waals surface area contributed by atoms with Crippen molar-refractivity contribution in [2.45, 2.75) is 12.5 Å². The van der Waals surface area contributed by atoms with Crippen LogP contribution in [0.1, 0.15) is 27.1 Å². The molecule has 0 bridgehead atoms. The highest BCUT2D eigenvalue weighted by atomic mass is 16.2. The molecule has 2 heterocycles. The second-order valence-corrected chi connectivity index (χ2v) is 6.55. The number of nitrogens with zero attached hydrogens (tertiary/aromatic N) is 2. The summed E-state index contributed by atoms with van der Waals surface area (Å²) in [5.74, 6) is -1.48. The van der Waals surface area contributed by atoms with Crippen molar-refractivity contribution in [3.8, 4) is 0 Å². The molecule has 7 nitrogen and oxygen atoms in total. The lowest BCUT2D eigenvalue weighted by atomic mass is 10.1. The van der Waals surface area contributed by atoms with Gasteiger partial charge in [0.05, 0.1) is 17.2 Å². The Morgan fingerprint density at radius 3 is 2.15 bits per heavy atom. The van der Waals surface area contributed by atoms with Crippen molar-refractivity contribution in [1.29, 1.82) is 0 Å². The van der Waals surface area contributed by atoms with Crippen LogP contribution in [-0.4, -0.2) is 47.7 Å². The topological polar surface area (TPSA) is 86.8 Å².